The molecule has 0 saturated carbocycles. The summed E-state index contributed by atoms with van der Waals surface area (Å²) in [7, 11) is 0. The fourth-order valence-electron chi connectivity index (χ4n) is 1.87. The third kappa shape index (κ3) is 2.93. The third-order valence-electron chi connectivity index (χ3n) is 2.70. The molecule has 0 spiro atoms. The number of hydrogen-bond donors (Lipinski definition) is 1. The molecule has 1 heterocycles. The van der Waals surface area contributed by atoms with Gasteiger partial charge in [0.25, 0.3) is 0 Å². The smallest absolute Gasteiger partial charge is 0.196 e. The van der Waals surface area contributed by atoms with E-state index in [2.05, 4.69) is 4.98 Å². The largest absolute Gasteiger partial charge is 0.491 e. The maximum atomic E-state index is 13.8. The minimum Gasteiger partial charge on any atom is -0.491 e. The summed E-state index contributed by atoms with van der Waals surface area (Å²) in [5.41, 5.74) is 6.77. The molecule has 19 heavy (non-hydrogen) atoms. The number of nitrogens with zero attached hydrogens (tertiary/aromatic N) is 1. The summed E-state index contributed by atoms with van der Waals surface area (Å²) < 4.78 is 24.5. The van der Waals surface area contributed by atoms with Crippen LogP contribution in [-0.4, -0.2) is 18.1 Å². The molecule has 0 aliphatic carbocycles. The second kappa shape index (κ2) is 5.84. The zero-order chi connectivity index (χ0) is 13.8. The van der Waals surface area contributed by atoms with E-state index in [9.17, 15) is 4.39 Å². The molecule has 0 aliphatic rings. The van der Waals surface area contributed by atoms with Gasteiger partial charge in [-0.15, -0.1) is 0 Å². The van der Waals surface area contributed by atoms with Crippen molar-refractivity contribution >= 4 is 0 Å². The number of ether oxygens (including phenoxy) is 1. The summed E-state index contributed by atoms with van der Waals surface area (Å²) in [5.74, 6) is 1.08. The zero-order valence-electron chi connectivity index (χ0n) is 11.1. The fourth-order valence-corrected chi connectivity index (χ4v) is 1.87. The predicted octanol–water partition coefficient (Wildman–Crippen LogP) is 2.69. The van der Waals surface area contributed by atoms with Crippen LogP contribution in [0.4, 0.5) is 4.39 Å². The Bertz CT molecular complexity index is 567. The van der Waals surface area contributed by atoms with Crippen molar-refractivity contribution in [1.29, 1.82) is 0 Å². The standard InChI is InChI=1S/C14H17FN2O2/c1-3-18-12-5-4-10(8-11(12)15)14-9(2)19-13(17-14)6-7-16/h4-5,8H,3,6-7,16H2,1-2H3. The van der Waals surface area contributed by atoms with Gasteiger partial charge in [-0.3, -0.25) is 0 Å². The summed E-state index contributed by atoms with van der Waals surface area (Å²) in [6.07, 6.45) is 0.570. The van der Waals surface area contributed by atoms with Crippen molar-refractivity contribution in [1.82, 2.24) is 4.98 Å². The van der Waals surface area contributed by atoms with E-state index >= 15 is 0 Å². The van der Waals surface area contributed by atoms with E-state index in [1.54, 1.807) is 19.1 Å². The highest BCUT2D eigenvalue weighted by Gasteiger charge is 2.13. The lowest BCUT2D eigenvalue weighted by Gasteiger charge is -2.05. The minimum atomic E-state index is -0.401. The number of halogens is 1. The maximum absolute atomic E-state index is 13.8. The van der Waals surface area contributed by atoms with Gasteiger partial charge in [0.1, 0.15) is 11.5 Å². The van der Waals surface area contributed by atoms with Crippen molar-refractivity contribution in [2.24, 2.45) is 5.73 Å². The van der Waals surface area contributed by atoms with Gasteiger partial charge in [-0.1, -0.05) is 0 Å². The predicted molar refractivity (Wildman–Crippen MR) is 70.6 cm³/mol. The maximum Gasteiger partial charge on any atom is 0.196 e. The Morgan fingerprint density at radius 2 is 2.21 bits per heavy atom. The first kappa shape index (κ1) is 13.5. The van der Waals surface area contributed by atoms with Crippen LogP contribution in [-0.2, 0) is 6.42 Å². The molecule has 2 rings (SSSR count). The van der Waals surface area contributed by atoms with Crippen molar-refractivity contribution in [3.8, 4) is 17.0 Å². The fraction of sp³-hybridized carbons (Fsp3) is 0.357. The van der Waals surface area contributed by atoms with Crippen molar-refractivity contribution in [3.63, 3.8) is 0 Å². The van der Waals surface area contributed by atoms with Crippen LogP contribution in [0.15, 0.2) is 22.6 Å². The normalized spacial score (nSPS) is 10.7. The summed E-state index contributed by atoms with van der Waals surface area (Å²) in [5, 5.41) is 0. The first-order valence-electron chi connectivity index (χ1n) is 6.24. The molecule has 0 amide bonds. The number of aryl methyl sites for hydroxylation is 1. The van der Waals surface area contributed by atoms with E-state index in [-0.39, 0.29) is 5.75 Å². The average molecular weight is 264 g/mol. The van der Waals surface area contributed by atoms with Gasteiger partial charge in [0.2, 0.25) is 0 Å². The molecule has 0 fully saturated rings. The van der Waals surface area contributed by atoms with E-state index in [4.69, 9.17) is 14.9 Å². The van der Waals surface area contributed by atoms with Crippen molar-refractivity contribution in [2.75, 3.05) is 13.2 Å². The summed E-state index contributed by atoms with van der Waals surface area (Å²) in [6, 6.07) is 4.78. The quantitative estimate of drug-likeness (QED) is 0.902. The Hall–Kier alpha value is -1.88. The van der Waals surface area contributed by atoms with Crippen LogP contribution in [0.5, 0.6) is 5.75 Å². The monoisotopic (exact) mass is 264 g/mol. The van der Waals surface area contributed by atoms with Gasteiger partial charge in [-0.2, -0.15) is 0 Å². The van der Waals surface area contributed by atoms with Gasteiger partial charge in [0.15, 0.2) is 17.5 Å². The van der Waals surface area contributed by atoms with Crippen LogP contribution in [0.1, 0.15) is 18.6 Å². The number of aromatic nitrogens is 1. The van der Waals surface area contributed by atoms with Crippen LogP contribution in [0.2, 0.25) is 0 Å². The molecule has 0 bridgehead atoms. The van der Waals surface area contributed by atoms with Crippen LogP contribution >= 0.6 is 0 Å². The van der Waals surface area contributed by atoms with Gasteiger partial charge in [-0.25, -0.2) is 9.37 Å². The van der Waals surface area contributed by atoms with Crippen molar-refractivity contribution in [2.45, 2.75) is 20.3 Å². The van der Waals surface area contributed by atoms with Gasteiger partial charge in [0.05, 0.1) is 6.61 Å². The number of hydrogen-bond acceptors (Lipinski definition) is 4. The van der Waals surface area contributed by atoms with Crippen molar-refractivity contribution < 1.29 is 13.5 Å². The highest BCUT2D eigenvalue weighted by molar-refractivity contribution is 5.62. The Kier molecular flexibility index (Phi) is 4.16. The molecular weight excluding hydrogens is 247 g/mol. The molecule has 0 unspecified atom stereocenters. The van der Waals surface area contributed by atoms with Crippen LogP contribution in [0.3, 0.4) is 0 Å². The van der Waals surface area contributed by atoms with Crippen LogP contribution in [0, 0.1) is 12.7 Å². The Labute approximate surface area is 111 Å². The molecule has 5 heteroatoms. The first-order valence-corrected chi connectivity index (χ1v) is 6.24. The number of rotatable bonds is 5. The second-order valence-electron chi connectivity index (χ2n) is 4.13. The average Bonchev–Trinajstić information content (AvgIpc) is 2.74. The summed E-state index contributed by atoms with van der Waals surface area (Å²) in [6.45, 7) is 4.52. The van der Waals surface area contributed by atoms with Crippen LogP contribution in [0.25, 0.3) is 11.3 Å². The van der Waals surface area contributed by atoms with Gasteiger partial charge in [0, 0.05) is 18.5 Å². The molecule has 0 aliphatic heterocycles. The lowest BCUT2D eigenvalue weighted by Crippen LogP contribution is -2.02. The summed E-state index contributed by atoms with van der Waals surface area (Å²) in [4.78, 5) is 4.33. The molecule has 0 radical (unpaired) electrons. The SMILES string of the molecule is CCOc1ccc(-c2nc(CCN)oc2C)cc1F. The minimum absolute atomic E-state index is 0.245. The van der Waals surface area contributed by atoms with E-state index in [1.165, 1.54) is 6.07 Å². The van der Waals surface area contributed by atoms with Gasteiger partial charge < -0.3 is 14.9 Å². The molecule has 1 aromatic heterocycles. The topological polar surface area (TPSA) is 61.3 Å². The second-order valence-corrected chi connectivity index (χ2v) is 4.13. The number of oxazole rings is 1. The zero-order valence-corrected chi connectivity index (χ0v) is 11.1. The van der Waals surface area contributed by atoms with Crippen molar-refractivity contribution in [3.05, 3.63) is 35.7 Å². The molecule has 1 aromatic carbocycles. The van der Waals surface area contributed by atoms with Crippen LogP contribution < -0.4 is 10.5 Å². The molecule has 0 atom stereocenters. The van der Waals surface area contributed by atoms with Gasteiger partial charge in [-0.05, 0) is 32.0 Å². The number of nitrogens with two attached hydrogens (primary N) is 1. The molecule has 0 saturated heterocycles. The third-order valence-corrected chi connectivity index (χ3v) is 2.70. The molecule has 2 N–H and O–H groups in total. The van der Waals surface area contributed by atoms with E-state index in [1.807, 2.05) is 6.92 Å². The van der Waals surface area contributed by atoms with E-state index in [0.29, 0.717) is 42.5 Å². The number of benzene rings is 1. The van der Waals surface area contributed by atoms with E-state index in [0.717, 1.165) is 0 Å². The lowest BCUT2D eigenvalue weighted by molar-refractivity contribution is 0.321. The highest BCUT2D eigenvalue weighted by atomic mass is 19.1. The Morgan fingerprint density at radius 1 is 1.42 bits per heavy atom. The molecular formula is C14H17FN2O2. The molecule has 2 aromatic rings. The summed E-state index contributed by atoms with van der Waals surface area (Å²) >= 11 is 0. The van der Waals surface area contributed by atoms with Gasteiger partial charge >= 0.3 is 0 Å². The lowest BCUT2D eigenvalue weighted by atomic mass is 10.1. The first-order chi connectivity index (χ1) is 9.15. The Balaban J connectivity index is 2.33. The highest BCUT2D eigenvalue weighted by Crippen LogP contribution is 2.27. The molecule has 4 nitrogen and oxygen atoms in total. The van der Waals surface area contributed by atoms with E-state index < -0.39 is 5.82 Å². The molecule has 102 valence electrons. The Morgan fingerprint density at radius 3 is 2.84 bits per heavy atom.